The quantitative estimate of drug-likeness (QED) is 0.0835. The average molecular weight is 577 g/mol. The first kappa shape index (κ1) is 32.2. The van der Waals surface area contributed by atoms with Gasteiger partial charge in [-0.05, 0) is 42.4 Å². The summed E-state index contributed by atoms with van der Waals surface area (Å²) in [5, 5.41) is 12.5. The molecule has 1 aliphatic rings. The smallest absolute Gasteiger partial charge is 0.306 e. The van der Waals surface area contributed by atoms with Gasteiger partial charge in [0.1, 0.15) is 6.61 Å². The first-order valence-electron chi connectivity index (χ1n) is 14.4. The Morgan fingerprint density at radius 1 is 0.905 bits per heavy atom. The standard InChI is InChI=1S/C32H40N4O6/c37-29(14-8-1-2-9-15-30(38)35-41)34-33-22-25-18-20-26(21-19-25)23-36-28(27-12-6-5-7-13-27)24-42-32(40)17-11-4-3-10-16-31(36)39/h3-7,12-13,18-22,28,41H,1-2,8-11,14-17,23-24H2,(H,34,37)(H,35,38)/b4-3+,33-22+/t28-/m1/s1. The van der Waals surface area contributed by atoms with Gasteiger partial charge in [0.25, 0.3) is 0 Å². The number of ether oxygens (including phenoxy) is 1. The normalized spacial score (nSPS) is 17.2. The number of cyclic esters (lactones) is 1. The van der Waals surface area contributed by atoms with Crippen LogP contribution < -0.4 is 10.9 Å². The van der Waals surface area contributed by atoms with Gasteiger partial charge < -0.3 is 9.64 Å². The minimum absolute atomic E-state index is 0.0193. The molecule has 0 spiro atoms. The lowest BCUT2D eigenvalue weighted by Gasteiger charge is -2.32. The lowest BCUT2D eigenvalue weighted by molar-refractivity contribution is -0.149. The van der Waals surface area contributed by atoms with Crippen molar-refractivity contribution in [2.24, 2.45) is 5.10 Å². The molecule has 0 saturated carbocycles. The summed E-state index contributed by atoms with van der Waals surface area (Å²) < 4.78 is 5.59. The molecule has 0 bridgehead atoms. The highest BCUT2D eigenvalue weighted by molar-refractivity contribution is 5.82. The van der Waals surface area contributed by atoms with Crippen molar-refractivity contribution in [3.63, 3.8) is 0 Å². The highest BCUT2D eigenvalue weighted by atomic mass is 16.5. The zero-order valence-corrected chi connectivity index (χ0v) is 23.9. The minimum Gasteiger partial charge on any atom is -0.463 e. The van der Waals surface area contributed by atoms with Crippen LogP contribution in [0.4, 0.5) is 0 Å². The number of hydrogen-bond donors (Lipinski definition) is 3. The first-order chi connectivity index (χ1) is 20.5. The fraction of sp³-hybridized carbons (Fsp3) is 0.406. The predicted molar refractivity (Wildman–Crippen MR) is 158 cm³/mol. The van der Waals surface area contributed by atoms with E-state index in [1.165, 1.54) is 0 Å². The highest BCUT2D eigenvalue weighted by Gasteiger charge is 2.26. The monoisotopic (exact) mass is 576 g/mol. The Morgan fingerprint density at radius 3 is 2.26 bits per heavy atom. The molecular formula is C32H40N4O6. The third-order valence-electron chi connectivity index (χ3n) is 6.91. The summed E-state index contributed by atoms with van der Waals surface area (Å²) in [6, 6.07) is 16.8. The average Bonchev–Trinajstić information content (AvgIpc) is 3.00. The van der Waals surface area contributed by atoms with Crippen molar-refractivity contribution in [2.75, 3.05) is 6.61 Å². The number of hydrogen-bond acceptors (Lipinski definition) is 7. The highest BCUT2D eigenvalue weighted by Crippen LogP contribution is 2.26. The molecular weight excluding hydrogens is 536 g/mol. The number of allylic oxidation sites excluding steroid dienone is 2. The van der Waals surface area contributed by atoms with E-state index < -0.39 is 11.9 Å². The summed E-state index contributed by atoms with van der Waals surface area (Å²) in [5.74, 6) is -0.894. The second-order valence-electron chi connectivity index (χ2n) is 10.2. The van der Waals surface area contributed by atoms with Crippen LogP contribution >= 0.6 is 0 Å². The molecule has 3 N–H and O–H groups in total. The van der Waals surface area contributed by atoms with Gasteiger partial charge in [-0.3, -0.25) is 24.4 Å². The molecule has 3 rings (SSSR count). The fourth-order valence-electron chi connectivity index (χ4n) is 4.57. The molecule has 0 aliphatic carbocycles. The molecule has 0 fully saturated rings. The van der Waals surface area contributed by atoms with E-state index in [4.69, 9.17) is 9.94 Å². The first-order valence-corrected chi connectivity index (χ1v) is 14.4. The topological polar surface area (TPSA) is 137 Å². The van der Waals surface area contributed by atoms with Gasteiger partial charge in [-0.25, -0.2) is 10.9 Å². The van der Waals surface area contributed by atoms with Crippen LogP contribution in [-0.4, -0.2) is 46.6 Å². The molecule has 0 unspecified atom stereocenters. The third-order valence-corrected chi connectivity index (χ3v) is 6.91. The van der Waals surface area contributed by atoms with Crippen LogP contribution in [0.5, 0.6) is 0 Å². The van der Waals surface area contributed by atoms with E-state index in [0.717, 1.165) is 29.5 Å². The summed E-state index contributed by atoms with van der Waals surface area (Å²) >= 11 is 0. The van der Waals surface area contributed by atoms with Crippen LogP contribution in [0.1, 0.15) is 86.9 Å². The number of esters is 1. The van der Waals surface area contributed by atoms with E-state index in [1.54, 1.807) is 16.6 Å². The van der Waals surface area contributed by atoms with E-state index in [2.05, 4.69) is 10.5 Å². The Kier molecular flexibility index (Phi) is 13.9. The summed E-state index contributed by atoms with van der Waals surface area (Å²) in [6.07, 6.45) is 10.8. The van der Waals surface area contributed by atoms with Crippen molar-refractivity contribution in [1.82, 2.24) is 15.8 Å². The van der Waals surface area contributed by atoms with Gasteiger partial charge in [0.15, 0.2) is 0 Å². The molecule has 2 aromatic carbocycles. The number of nitrogens with zero attached hydrogens (tertiary/aromatic N) is 2. The van der Waals surface area contributed by atoms with Crippen LogP contribution in [0, 0.1) is 0 Å². The van der Waals surface area contributed by atoms with Crippen LogP contribution in [-0.2, 0) is 30.5 Å². The number of benzene rings is 2. The van der Waals surface area contributed by atoms with E-state index in [-0.39, 0.29) is 30.8 Å². The van der Waals surface area contributed by atoms with E-state index in [0.29, 0.717) is 51.5 Å². The number of hydroxylamine groups is 1. The SMILES string of the molecule is O=C(CCCCCCC(=O)N/N=C/c1ccc(CN2C(=O)CC/C=C/CCC(=O)OC[C@@H]2c2ccccc2)cc1)NO. The molecule has 0 aromatic heterocycles. The maximum Gasteiger partial charge on any atom is 0.306 e. The van der Waals surface area contributed by atoms with E-state index >= 15 is 0 Å². The van der Waals surface area contributed by atoms with Crippen molar-refractivity contribution in [3.05, 3.63) is 83.4 Å². The number of carbonyl (C=O) groups excluding carboxylic acids is 4. The Bertz CT molecular complexity index is 1210. The summed E-state index contributed by atoms with van der Waals surface area (Å²) in [4.78, 5) is 50.5. The molecule has 1 aliphatic heterocycles. The van der Waals surface area contributed by atoms with Crippen LogP contribution in [0.25, 0.3) is 0 Å². The van der Waals surface area contributed by atoms with E-state index in [9.17, 15) is 19.2 Å². The minimum atomic E-state index is -0.414. The molecule has 42 heavy (non-hydrogen) atoms. The fourth-order valence-corrected chi connectivity index (χ4v) is 4.57. The van der Waals surface area contributed by atoms with Crippen molar-refractivity contribution in [2.45, 2.75) is 76.8 Å². The Hall–Kier alpha value is -4.31. The Labute approximate surface area is 246 Å². The Morgan fingerprint density at radius 2 is 1.57 bits per heavy atom. The van der Waals surface area contributed by atoms with Gasteiger partial charge in [-0.1, -0.05) is 79.6 Å². The molecule has 3 amide bonds. The van der Waals surface area contributed by atoms with Gasteiger partial charge >= 0.3 is 5.97 Å². The number of hydrazone groups is 1. The molecule has 224 valence electrons. The lowest BCUT2D eigenvalue weighted by atomic mass is 10.0. The van der Waals surface area contributed by atoms with Gasteiger partial charge in [0, 0.05) is 32.2 Å². The number of unbranched alkanes of at least 4 members (excludes halogenated alkanes) is 3. The molecule has 0 radical (unpaired) electrons. The maximum absolute atomic E-state index is 13.4. The predicted octanol–water partition coefficient (Wildman–Crippen LogP) is 4.73. The van der Waals surface area contributed by atoms with Crippen molar-refractivity contribution in [1.29, 1.82) is 0 Å². The van der Waals surface area contributed by atoms with Crippen molar-refractivity contribution < 1.29 is 29.1 Å². The van der Waals surface area contributed by atoms with Gasteiger partial charge in [-0.15, -0.1) is 0 Å². The molecule has 10 heteroatoms. The zero-order valence-electron chi connectivity index (χ0n) is 23.9. The summed E-state index contributed by atoms with van der Waals surface area (Å²) in [7, 11) is 0. The molecule has 1 atom stereocenters. The van der Waals surface area contributed by atoms with Crippen LogP contribution in [0.15, 0.2) is 71.9 Å². The molecule has 2 aromatic rings. The molecule has 0 saturated heterocycles. The van der Waals surface area contributed by atoms with Gasteiger partial charge in [0.05, 0.1) is 12.3 Å². The molecule has 1 heterocycles. The summed E-state index contributed by atoms with van der Waals surface area (Å²) in [6.45, 7) is 0.433. The number of nitrogens with one attached hydrogen (secondary N) is 2. The van der Waals surface area contributed by atoms with E-state index in [1.807, 2.05) is 66.7 Å². The largest absolute Gasteiger partial charge is 0.463 e. The second kappa shape index (κ2) is 18.2. The number of carbonyl (C=O) groups is 4. The maximum atomic E-state index is 13.4. The Balaban J connectivity index is 1.58. The number of rotatable bonds is 12. The van der Waals surface area contributed by atoms with Crippen LogP contribution in [0.3, 0.4) is 0 Å². The van der Waals surface area contributed by atoms with Gasteiger partial charge in [-0.2, -0.15) is 5.10 Å². The van der Waals surface area contributed by atoms with Crippen molar-refractivity contribution >= 4 is 29.9 Å². The van der Waals surface area contributed by atoms with Crippen molar-refractivity contribution in [3.8, 4) is 0 Å². The van der Waals surface area contributed by atoms with Crippen LogP contribution in [0.2, 0.25) is 0 Å². The van der Waals surface area contributed by atoms with Gasteiger partial charge in [0.2, 0.25) is 17.7 Å². The summed E-state index contributed by atoms with van der Waals surface area (Å²) in [5.41, 5.74) is 6.74. The second-order valence-corrected chi connectivity index (χ2v) is 10.2. The zero-order chi connectivity index (χ0) is 30.0. The lowest BCUT2D eigenvalue weighted by Crippen LogP contribution is -2.37. The molecule has 10 nitrogen and oxygen atoms in total. The number of amides is 3. The third kappa shape index (κ3) is 11.7.